The maximum atomic E-state index is 12.9. The van der Waals surface area contributed by atoms with Crippen LogP contribution in [-0.2, 0) is 16.0 Å². The predicted octanol–water partition coefficient (Wildman–Crippen LogP) is 3.78. The van der Waals surface area contributed by atoms with Crippen molar-refractivity contribution in [2.75, 3.05) is 45.2 Å². The van der Waals surface area contributed by atoms with Crippen LogP contribution in [0.2, 0.25) is 0 Å². The molecule has 2 aliphatic heterocycles. The van der Waals surface area contributed by atoms with Gasteiger partial charge in [-0.3, -0.25) is 19.5 Å². The first-order valence-electron chi connectivity index (χ1n) is 12.3. The number of carboxylic acid groups (broad SMARTS) is 1. The molecule has 2 aromatic carbocycles. The van der Waals surface area contributed by atoms with Gasteiger partial charge in [0.1, 0.15) is 0 Å². The van der Waals surface area contributed by atoms with Gasteiger partial charge in [0.25, 0.3) is 5.91 Å². The highest BCUT2D eigenvalue weighted by Gasteiger charge is 2.29. The van der Waals surface area contributed by atoms with Crippen molar-refractivity contribution >= 4 is 23.8 Å². The van der Waals surface area contributed by atoms with Gasteiger partial charge in [0, 0.05) is 50.6 Å². The number of hydrogen-bond donors (Lipinski definition) is 2. The molecule has 8 heteroatoms. The summed E-state index contributed by atoms with van der Waals surface area (Å²) in [5.41, 5.74) is 4.46. The number of nitrogens with one attached hydrogen (secondary N) is 1. The van der Waals surface area contributed by atoms with E-state index >= 15 is 0 Å². The number of aliphatic carboxylic acids is 1. The summed E-state index contributed by atoms with van der Waals surface area (Å²) < 4.78 is 5.27. The topological polar surface area (TPSA) is 94.5 Å². The maximum absolute atomic E-state index is 12.9. The predicted molar refractivity (Wildman–Crippen MR) is 136 cm³/mol. The number of carbonyl (C=O) groups excluding carboxylic acids is 1. The minimum Gasteiger partial charge on any atom is -0.480 e. The van der Waals surface area contributed by atoms with Gasteiger partial charge in [-0.1, -0.05) is 18.2 Å². The maximum Gasteiger partial charge on any atom is 0.317 e. The first kappa shape index (κ1) is 24.9. The molecule has 1 saturated heterocycles. The van der Waals surface area contributed by atoms with E-state index in [-0.39, 0.29) is 18.5 Å². The number of rotatable bonds is 9. The Bertz CT molecular complexity index is 1050. The zero-order valence-electron chi connectivity index (χ0n) is 20.3. The Kier molecular flexibility index (Phi) is 8.50. The lowest BCUT2D eigenvalue weighted by molar-refractivity contribution is -0.139. The van der Waals surface area contributed by atoms with Crippen molar-refractivity contribution in [3.63, 3.8) is 0 Å². The molecule has 1 amide bonds. The zero-order valence-corrected chi connectivity index (χ0v) is 20.3. The second-order valence-electron chi connectivity index (χ2n) is 9.16. The highest BCUT2D eigenvalue weighted by atomic mass is 16.5. The minimum atomic E-state index is -0.843. The van der Waals surface area contributed by atoms with E-state index in [0.29, 0.717) is 30.8 Å². The molecule has 0 saturated carbocycles. The highest BCUT2D eigenvalue weighted by molar-refractivity contribution is 6.04. The van der Waals surface area contributed by atoms with E-state index in [2.05, 4.69) is 15.4 Å². The molecule has 186 valence electrons. The number of carbonyl (C=O) groups is 2. The second kappa shape index (κ2) is 12.0. The van der Waals surface area contributed by atoms with Crippen molar-refractivity contribution in [1.82, 2.24) is 9.91 Å². The average molecular weight is 479 g/mol. The second-order valence-corrected chi connectivity index (χ2v) is 9.16. The fourth-order valence-corrected chi connectivity index (χ4v) is 4.82. The van der Waals surface area contributed by atoms with Crippen molar-refractivity contribution < 1.29 is 19.4 Å². The van der Waals surface area contributed by atoms with E-state index in [1.54, 1.807) is 19.2 Å². The van der Waals surface area contributed by atoms with Gasteiger partial charge in [0.15, 0.2) is 0 Å². The molecule has 0 aromatic heterocycles. The standard InChI is InChI=1S/C27H34N4O4/c1-35-16-12-25-24-17-23(10-9-21(24)11-15-30(25)19-26(32)33)29-27(34)22-7-5-20(6-8-22)18-28-31-13-3-2-4-14-31/h5-10,17-18,25H,2-4,11-16,19H2,1H3,(H,29,34)(H,32,33). The highest BCUT2D eigenvalue weighted by Crippen LogP contribution is 2.34. The number of fused-ring (bicyclic) bond motifs is 1. The zero-order chi connectivity index (χ0) is 24.6. The van der Waals surface area contributed by atoms with Crippen molar-refractivity contribution in [3.05, 3.63) is 64.7 Å². The van der Waals surface area contributed by atoms with Gasteiger partial charge in [-0.25, -0.2) is 0 Å². The summed E-state index contributed by atoms with van der Waals surface area (Å²) in [5.74, 6) is -1.03. The number of ether oxygens (including phenoxy) is 1. The third kappa shape index (κ3) is 6.68. The van der Waals surface area contributed by atoms with Crippen LogP contribution >= 0.6 is 0 Å². The number of hydrazone groups is 1. The molecule has 2 aromatic rings. The number of carboxylic acids is 1. The Morgan fingerprint density at radius 2 is 1.89 bits per heavy atom. The number of benzene rings is 2. The van der Waals surface area contributed by atoms with Crippen LogP contribution in [0.5, 0.6) is 0 Å². The molecule has 4 rings (SSSR count). The first-order valence-corrected chi connectivity index (χ1v) is 12.3. The molecule has 35 heavy (non-hydrogen) atoms. The van der Waals surface area contributed by atoms with Gasteiger partial charge in [-0.2, -0.15) is 5.10 Å². The monoisotopic (exact) mass is 478 g/mol. The van der Waals surface area contributed by atoms with Crippen LogP contribution in [0.15, 0.2) is 47.6 Å². The van der Waals surface area contributed by atoms with Crippen molar-refractivity contribution in [2.45, 2.75) is 38.1 Å². The molecule has 1 unspecified atom stereocenters. The molecular weight excluding hydrogens is 444 g/mol. The smallest absolute Gasteiger partial charge is 0.317 e. The molecule has 2 aliphatic rings. The fourth-order valence-electron chi connectivity index (χ4n) is 4.82. The lowest BCUT2D eigenvalue weighted by atomic mass is 9.90. The van der Waals surface area contributed by atoms with Gasteiger partial charge in [-0.15, -0.1) is 0 Å². The van der Waals surface area contributed by atoms with E-state index in [4.69, 9.17) is 4.74 Å². The summed E-state index contributed by atoms with van der Waals surface area (Å²) in [5, 5.41) is 19.0. The molecule has 0 spiro atoms. The van der Waals surface area contributed by atoms with Crippen LogP contribution in [0, 0.1) is 0 Å². The third-order valence-corrected chi connectivity index (χ3v) is 6.68. The number of methoxy groups -OCH3 is 1. The van der Waals surface area contributed by atoms with Gasteiger partial charge in [0.2, 0.25) is 0 Å². The quantitative estimate of drug-likeness (QED) is 0.533. The molecule has 8 nitrogen and oxygen atoms in total. The van der Waals surface area contributed by atoms with Gasteiger partial charge in [-0.05, 0) is 73.1 Å². The van der Waals surface area contributed by atoms with Gasteiger partial charge in [0.05, 0.1) is 12.8 Å². The van der Waals surface area contributed by atoms with Crippen LogP contribution in [0.3, 0.4) is 0 Å². The largest absolute Gasteiger partial charge is 0.480 e. The van der Waals surface area contributed by atoms with Crippen LogP contribution in [-0.4, -0.2) is 73.0 Å². The molecule has 2 heterocycles. The number of nitrogens with zero attached hydrogens (tertiary/aromatic N) is 3. The van der Waals surface area contributed by atoms with Crippen molar-refractivity contribution in [2.24, 2.45) is 5.10 Å². The van der Waals surface area contributed by atoms with Gasteiger partial charge >= 0.3 is 5.97 Å². The summed E-state index contributed by atoms with van der Waals surface area (Å²) in [6, 6.07) is 13.3. The summed E-state index contributed by atoms with van der Waals surface area (Å²) in [7, 11) is 1.65. The first-order chi connectivity index (χ1) is 17.0. The van der Waals surface area contributed by atoms with E-state index in [0.717, 1.165) is 30.6 Å². The Labute approximate surface area is 206 Å². The lowest BCUT2D eigenvalue weighted by Crippen LogP contribution is -2.39. The lowest BCUT2D eigenvalue weighted by Gasteiger charge is -2.36. The Balaban J connectivity index is 1.44. The summed E-state index contributed by atoms with van der Waals surface area (Å²) in [4.78, 5) is 26.2. The Morgan fingerprint density at radius 1 is 1.11 bits per heavy atom. The molecular formula is C27H34N4O4. The van der Waals surface area contributed by atoms with E-state index in [1.807, 2.05) is 41.4 Å². The third-order valence-electron chi connectivity index (χ3n) is 6.68. The molecule has 0 aliphatic carbocycles. The summed E-state index contributed by atoms with van der Waals surface area (Å²) in [6.07, 6.45) is 6.96. The fraction of sp³-hybridized carbons (Fsp3) is 0.444. The molecule has 1 fully saturated rings. The number of piperidine rings is 1. The number of anilines is 1. The van der Waals surface area contributed by atoms with Crippen LogP contribution in [0.25, 0.3) is 0 Å². The molecule has 1 atom stereocenters. The molecule has 0 bridgehead atoms. The van der Waals surface area contributed by atoms with E-state index in [9.17, 15) is 14.7 Å². The number of amides is 1. The van der Waals surface area contributed by atoms with Crippen LogP contribution in [0.4, 0.5) is 5.69 Å². The van der Waals surface area contributed by atoms with Crippen LogP contribution < -0.4 is 5.32 Å². The molecule has 2 N–H and O–H groups in total. The van der Waals surface area contributed by atoms with Crippen LogP contribution in [0.1, 0.15) is 58.8 Å². The number of hydrogen-bond acceptors (Lipinski definition) is 6. The summed E-state index contributed by atoms with van der Waals surface area (Å²) in [6.45, 7) is 3.20. The Morgan fingerprint density at radius 3 is 2.60 bits per heavy atom. The molecule has 0 radical (unpaired) electrons. The van der Waals surface area contributed by atoms with E-state index in [1.165, 1.54) is 24.8 Å². The SMILES string of the molecule is COCCC1c2cc(NC(=O)c3ccc(C=NN4CCCCC4)cc3)ccc2CCN1CC(=O)O. The van der Waals surface area contributed by atoms with Gasteiger partial charge < -0.3 is 15.2 Å². The van der Waals surface area contributed by atoms with Crippen molar-refractivity contribution in [1.29, 1.82) is 0 Å². The minimum absolute atomic E-state index is 0.0161. The van der Waals surface area contributed by atoms with E-state index < -0.39 is 5.97 Å². The average Bonchev–Trinajstić information content (AvgIpc) is 2.87. The normalized spacial score (nSPS) is 18.4. The van der Waals surface area contributed by atoms with Crippen molar-refractivity contribution in [3.8, 4) is 0 Å². The summed E-state index contributed by atoms with van der Waals surface area (Å²) >= 11 is 0. The Hall–Kier alpha value is -3.23.